The molecule has 5 rings (SSSR count). The number of nitrogens with zero attached hydrogens (tertiary/aromatic N) is 1. The summed E-state index contributed by atoms with van der Waals surface area (Å²) >= 11 is 1.41. The fraction of sp³-hybridized carbons (Fsp3) is 0.542. The second kappa shape index (κ2) is 8.73. The van der Waals surface area contributed by atoms with Gasteiger partial charge in [-0.3, -0.25) is 0 Å². The molecule has 7 nitrogen and oxygen atoms in total. The lowest BCUT2D eigenvalue weighted by molar-refractivity contribution is -0.0856. The maximum atomic E-state index is 12.3. The van der Waals surface area contributed by atoms with Crippen LogP contribution in [0.1, 0.15) is 71.6 Å². The first kappa shape index (κ1) is 21.2. The van der Waals surface area contributed by atoms with E-state index in [9.17, 15) is 9.59 Å². The van der Waals surface area contributed by atoms with Gasteiger partial charge in [-0.25, -0.2) is 14.6 Å². The summed E-state index contributed by atoms with van der Waals surface area (Å²) in [7, 11) is 0. The average Bonchev–Trinajstić information content (AvgIpc) is 3.50. The molecule has 3 aliphatic rings. The van der Waals surface area contributed by atoms with Crippen LogP contribution in [0.25, 0.3) is 0 Å². The summed E-state index contributed by atoms with van der Waals surface area (Å²) < 4.78 is 16.6. The lowest BCUT2D eigenvalue weighted by Crippen LogP contribution is -2.58. The molecule has 0 saturated heterocycles. The van der Waals surface area contributed by atoms with Crippen molar-refractivity contribution in [1.29, 1.82) is 0 Å². The van der Waals surface area contributed by atoms with E-state index in [2.05, 4.69) is 10.3 Å². The molecule has 0 aliphatic heterocycles. The molecule has 0 radical (unpaired) electrons. The van der Waals surface area contributed by atoms with Gasteiger partial charge in [0.2, 0.25) is 5.88 Å². The second-order valence-corrected chi connectivity index (χ2v) is 10.2. The number of rotatable bonds is 8. The van der Waals surface area contributed by atoms with Crippen molar-refractivity contribution < 1.29 is 23.8 Å². The molecule has 1 aromatic heterocycles. The Morgan fingerprint density at radius 1 is 1.12 bits per heavy atom. The van der Waals surface area contributed by atoms with Crippen molar-refractivity contribution in [1.82, 2.24) is 10.3 Å². The van der Waals surface area contributed by atoms with Crippen LogP contribution in [-0.4, -0.2) is 35.8 Å². The molecule has 0 bridgehead atoms. The molecule has 170 valence electrons. The van der Waals surface area contributed by atoms with E-state index in [1.165, 1.54) is 11.3 Å². The van der Waals surface area contributed by atoms with Crippen molar-refractivity contribution in [3.8, 4) is 5.88 Å². The minimum Gasteiger partial charge on any atom is -0.473 e. The van der Waals surface area contributed by atoms with Crippen molar-refractivity contribution in [2.75, 3.05) is 6.61 Å². The Bertz CT molecular complexity index is 974. The Balaban J connectivity index is 1.07. The van der Waals surface area contributed by atoms with Crippen molar-refractivity contribution in [2.24, 2.45) is 5.41 Å². The zero-order chi connectivity index (χ0) is 22.1. The summed E-state index contributed by atoms with van der Waals surface area (Å²) in [5, 5.41) is 3.95. The summed E-state index contributed by atoms with van der Waals surface area (Å²) in [4.78, 5) is 29.5. The van der Waals surface area contributed by atoms with Crippen LogP contribution >= 0.6 is 11.3 Å². The lowest BCUT2D eigenvalue weighted by Gasteiger charge is -2.56. The molecule has 2 aromatic rings. The number of thiazole rings is 1. The molecular formula is C24H28N2O5S. The Morgan fingerprint density at radius 2 is 1.88 bits per heavy atom. The third-order valence-corrected chi connectivity index (χ3v) is 7.67. The van der Waals surface area contributed by atoms with E-state index in [4.69, 9.17) is 14.2 Å². The Hall–Kier alpha value is -2.61. The quantitative estimate of drug-likeness (QED) is 0.574. The third-order valence-electron chi connectivity index (χ3n) is 6.49. The van der Waals surface area contributed by atoms with E-state index < -0.39 is 0 Å². The molecule has 3 fully saturated rings. The molecule has 3 aliphatic carbocycles. The van der Waals surface area contributed by atoms with Crippen LogP contribution in [0, 0.1) is 5.41 Å². The highest BCUT2D eigenvalue weighted by Gasteiger charge is 2.54. The molecule has 0 atom stereocenters. The van der Waals surface area contributed by atoms with Gasteiger partial charge in [-0.05, 0) is 56.4 Å². The summed E-state index contributed by atoms with van der Waals surface area (Å²) in [6.45, 7) is 2.42. The Kier molecular flexibility index (Phi) is 5.80. The maximum absolute atomic E-state index is 12.3. The first-order valence-corrected chi connectivity index (χ1v) is 12.2. The number of esters is 1. The first-order chi connectivity index (χ1) is 15.5. The molecule has 1 amide bonds. The number of hydrogen-bond donors (Lipinski definition) is 1. The van der Waals surface area contributed by atoms with Crippen LogP contribution in [0.5, 0.6) is 5.88 Å². The lowest BCUT2D eigenvalue weighted by atomic mass is 9.53. The summed E-state index contributed by atoms with van der Waals surface area (Å²) in [6, 6.07) is 9.80. The molecule has 32 heavy (non-hydrogen) atoms. The maximum Gasteiger partial charge on any atom is 0.407 e. The first-order valence-electron chi connectivity index (χ1n) is 11.4. The fourth-order valence-electron chi connectivity index (χ4n) is 4.73. The van der Waals surface area contributed by atoms with E-state index >= 15 is 0 Å². The number of carbonyl (C=O) groups excluding carboxylic acids is 2. The van der Waals surface area contributed by atoms with Gasteiger partial charge in [-0.2, -0.15) is 0 Å². The number of alkyl carbamates (subject to hydrolysis) is 1. The van der Waals surface area contributed by atoms with E-state index in [-0.39, 0.29) is 36.2 Å². The van der Waals surface area contributed by atoms with E-state index in [0.29, 0.717) is 23.3 Å². The number of carbonyl (C=O) groups is 2. The van der Waals surface area contributed by atoms with E-state index in [0.717, 1.165) is 49.1 Å². The molecule has 3 saturated carbocycles. The standard InChI is InChI=1S/C24H28N2O5S/c1-2-29-22(27)19-20(26-21(32-19)16-8-9-16)31-18-12-24(13-18)10-17(11-24)25-23(28)30-14-15-6-4-3-5-7-15/h3-7,16-18H,2,8-14H2,1H3,(H,25,28)/t17-,18-,24?. The van der Waals surface area contributed by atoms with Gasteiger partial charge in [0.05, 0.1) is 6.61 Å². The number of ether oxygens (including phenoxy) is 3. The zero-order valence-corrected chi connectivity index (χ0v) is 19.0. The van der Waals surface area contributed by atoms with Crippen LogP contribution < -0.4 is 10.1 Å². The monoisotopic (exact) mass is 456 g/mol. The van der Waals surface area contributed by atoms with Gasteiger partial charge in [0, 0.05) is 12.0 Å². The molecule has 1 heterocycles. The molecule has 8 heteroatoms. The second-order valence-electron chi connectivity index (χ2n) is 9.14. The van der Waals surface area contributed by atoms with Gasteiger partial charge in [0.15, 0.2) is 4.88 Å². The minimum atomic E-state index is -0.366. The van der Waals surface area contributed by atoms with Crippen molar-refractivity contribution in [3.63, 3.8) is 0 Å². The molecular weight excluding hydrogens is 428 g/mol. The van der Waals surface area contributed by atoms with Crippen LogP contribution in [0.3, 0.4) is 0 Å². The van der Waals surface area contributed by atoms with Crippen LogP contribution in [-0.2, 0) is 16.1 Å². The predicted octanol–water partition coefficient (Wildman–Crippen LogP) is 4.81. The highest BCUT2D eigenvalue weighted by Crippen LogP contribution is 2.57. The van der Waals surface area contributed by atoms with Gasteiger partial charge >= 0.3 is 12.1 Å². The number of aromatic nitrogens is 1. The normalized spacial score (nSPS) is 26.0. The van der Waals surface area contributed by atoms with Crippen molar-refractivity contribution in [2.45, 2.75) is 70.1 Å². The van der Waals surface area contributed by atoms with Crippen molar-refractivity contribution >= 4 is 23.4 Å². The molecule has 1 aromatic carbocycles. The summed E-state index contributed by atoms with van der Waals surface area (Å²) in [6.07, 6.45) is 5.66. The van der Waals surface area contributed by atoms with Gasteiger partial charge in [-0.15, -0.1) is 11.3 Å². The van der Waals surface area contributed by atoms with Crippen LogP contribution in [0.15, 0.2) is 30.3 Å². The topological polar surface area (TPSA) is 86.8 Å². The largest absolute Gasteiger partial charge is 0.473 e. The Labute approximate surface area is 191 Å². The van der Waals surface area contributed by atoms with Gasteiger partial charge in [0.1, 0.15) is 17.7 Å². The minimum absolute atomic E-state index is 0.0586. The summed E-state index contributed by atoms with van der Waals surface area (Å²) in [5.74, 6) is 0.565. The summed E-state index contributed by atoms with van der Waals surface area (Å²) in [5.41, 5.74) is 1.20. The SMILES string of the molecule is CCOC(=O)c1sc(C2CC2)nc1O[C@H]1CC2(C[C@H](NC(=O)OCc3ccccc3)C2)C1. The smallest absolute Gasteiger partial charge is 0.407 e. The Morgan fingerprint density at radius 3 is 2.56 bits per heavy atom. The predicted molar refractivity (Wildman–Crippen MR) is 119 cm³/mol. The number of nitrogens with one attached hydrogen (secondary N) is 1. The van der Waals surface area contributed by atoms with E-state index in [1.807, 2.05) is 30.3 Å². The van der Waals surface area contributed by atoms with Gasteiger partial charge in [0.25, 0.3) is 0 Å². The number of amides is 1. The van der Waals surface area contributed by atoms with Crippen LogP contribution in [0.4, 0.5) is 4.79 Å². The number of benzene rings is 1. The highest BCUT2D eigenvalue weighted by molar-refractivity contribution is 7.14. The molecule has 0 unspecified atom stereocenters. The van der Waals surface area contributed by atoms with Gasteiger partial charge < -0.3 is 19.5 Å². The third kappa shape index (κ3) is 4.60. The zero-order valence-electron chi connectivity index (χ0n) is 18.2. The number of hydrogen-bond acceptors (Lipinski definition) is 7. The van der Waals surface area contributed by atoms with Crippen LogP contribution in [0.2, 0.25) is 0 Å². The van der Waals surface area contributed by atoms with E-state index in [1.54, 1.807) is 6.92 Å². The highest BCUT2D eigenvalue weighted by atomic mass is 32.1. The average molecular weight is 457 g/mol. The van der Waals surface area contributed by atoms with Gasteiger partial charge in [-0.1, -0.05) is 30.3 Å². The molecule has 1 spiro atoms. The van der Waals surface area contributed by atoms with Crippen molar-refractivity contribution in [3.05, 3.63) is 45.8 Å². The fourth-order valence-corrected chi connectivity index (χ4v) is 5.80. The molecule has 1 N–H and O–H groups in total.